The van der Waals surface area contributed by atoms with Crippen LogP contribution in [0.15, 0.2) is 6.33 Å². The van der Waals surface area contributed by atoms with Crippen LogP contribution in [0.3, 0.4) is 0 Å². The van der Waals surface area contributed by atoms with Crippen LogP contribution in [0.4, 0.5) is 11.5 Å². The summed E-state index contributed by atoms with van der Waals surface area (Å²) >= 11 is 0. The van der Waals surface area contributed by atoms with Crippen LogP contribution in [0.1, 0.15) is 11.6 Å². The Hall–Kier alpha value is -2.62. The van der Waals surface area contributed by atoms with E-state index in [1.54, 1.807) is 13.8 Å². The maximum absolute atomic E-state index is 11.1. The van der Waals surface area contributed by atoms with Gasteiger partial charge in [-0.05, 0) is 13.8 Å². The Morgan fingerprint density at radius 1 is 1.44 bits per heavy atom. The van der Waals surface area contributed by atoms with Gasteiger partial charge in [0, 0.05) is 0 Å². The van der Waals surface area contributed by atoms with E-state index in [9.17, 15) is 10.1 Å². The van der Waals surface area contributed by atoms with Crippen molar-refractivity contribution in [1.82, 2.24) is 24.7 Å². The number of hydrogen-bond donors (Lipinski definition) is 2. The maximum atomic E-state index is 11.1. The lowest BCUT2D eigenvalue weighted by molar-refractivity contribution is -0.384. The number of hydrogen-bond acceptors (Lipinski definition) is 8. The lowest BCUT2D eigenvalue weighted by atomic mass is 10.4. The molecular weight excluding hydrogens is 240 g/mol. The second-order valence-electron chi connectivity index (χ2n) is 3.41. The van der Waals surface area contributed by atoms with Gasteiger partial charge in [-0.2, -0.15) is 4.68 Å². The van der Waals surface area contributed by atoms with Gasteiger partial charge in [-0.3, -0.25) is 10.1 Å². The number of rotatable bonds is 3. The predicted octanol–water partition coefficient (Wildman–Crippen LogP) is -0.132. The van der Waals surface area contributed by atoms with E-state index in [0.29, 0.717) is 11.6 Å². The van der Waals surface area contributed by atoms with Gasteiger partial charge in [0.15, 0.2) is 0 Å². The first-order chi connectivity index (χ1) is 8.54. The zero-order chi connectivity index (χ0) is 13.3. The minimum absolute atomic E-state index is 0.0149. The minimum atomic E-state index is -0.624. The SMILES string of the molecule is Cc1nc(C)n(-c2ncnc(NN)c2[N+](=O)[O-])n1. The summed E-state index contributed by atoms with van der Waals surface area (Å²) in [5.74, 6) is 6.09. The molecule has 2 aromatic rings. The Kier molecular flexibility index (Phi) is 2.85. The summed E-state index contributed by atoms with van der Waals surface area (Å²) in [5, 5.41) is 15.1. The fraction of sp³-hybridized carbons (Fsp3) is 0.250. The van der Waals surface area contributed by atoms with Crippen molar-refractivity contribution in [3.05, 3.63) is 28.1 Å². The maximum Gasteiger partial charge on any atom is 0.357 e. The number of aryl methyl sites for hydroxylation is 2. The third-order valence-electron chi connectivity index (χ3n) is 2.20. The van der Waals surface area contributed by atoms with Crippen LogP contribution in [0.5, 0.6) is 0 Å². The highest BCUT2D eigenvalue weighted by Gasteiger charge is 2.25. The highest BCUT2D eigenvalue weighted by atomic mass is 16.6. The molecule has 10 heteroatoms. The number of hydrazine groups is 1. The number of aromatic nitrogens is 5. The Morgan fingerprint density at radius 3 is 2.67 bits per heavy atom. The van der Waals surface area contributed by atoms with E-state index in [0.717, 1.165) is 6.33 Å². The van der Waals surface area contributed by atoms with Gasteiger partial charge < -0.3 is 5.43 Å². The van der Waals surface area contributed by atoms with Crippen molar-refractivity contribution in [2.24, 2.45) is 5.84 Å². The third kappa shape index (κ3) is 1.84. The minimum Gasteiger partial charge on any atom is -0.303 e. The molecule has 18 heavy (non-hydrogen) atoms. The van der Waals surface area contributed by atoms with Crippen molar-refractivity contribution in [2.75, 3.05) is 5.43 Å². The predicted molar refractivity (Wildman–Crippen MR) is 60.9 cm³/mol. The van der Waals surface area contributed by atoms with Crippen LogP contribution in [0, 0.1) is 24.0 Å². The summed E-state index contributed by atoms with van der Waals surface area (Å²) in [6.45, 7) is 3.35. The zero-order valence-corrected chi connectivity index (χ0v) is 9.65. The van der Waals surface area contributed by atoms with Crippen LogP contribution in [-0.2, 0) is 0 Å². The van der Waals surface area contributed by atoms with E-state index in [1.807, 2.05) is 0 Å². The largest absolute Gasteiger partial charge is 0.357 e. The summed E-state index contributed by atoms with van der Waals surface area (Å²) in [6.07, 6.45) is 1.16. The van der Waals surface area contributed by atoms with E-state index in [4.69, 9.17) is 5.84 Å². The molecule has 0 aliphatic rings. The first kappa shape index (κ1) is 11.9. The molecule has 0 radical (unpaired) electrons. The smallest absolute Gasteiger partial charge is 0.303 e. The van der Waals surface area contributed by atoms with E-state index in [2.05, 4.69) is 25.5 Å². The summed E-state index contributed by atoms with van der Waals surface area (Å²) in [6, 6.07) is 0. The molecule has 0 spiro atoms. The summed E-state index contributed by atoms with van der Waals surface area (Å²) in [5.41, 5.74) is 1.81. The molecule has 0 unspecified atom stereocenters. The van der Waals surface area contributed by atoms with Crippen LogP contribution in [0.2, 0.25) is 0 Å². The van der Waals surface area contributed by atoms with Gasteiger partial charge in [0.05, 0.1) is 4.92 Å². The quantitative estimate of drug-likeness (QED) is 0.436. The standard InChI is InChI=1S/C8H10N8O2/c1-4-12-5(2)15(14-4)8-6(16(17)18)7(13-9)10-3-11-8/h3H,9H2,1-2H3,(H,10,11,13). The average molecular weight is 250 g/mol. The molecule has 0 aliphatic carbocycles. The van der Waals surface area contributed by atoms with Gasteiger partial charge in [-0.15, -0.1) is 5.10 Å². The lowest BCUT2D eigenvalue weighted by Crippen LogP contribution is -2.14. The molecule has 0 fully saturated rings. The average Bonchev–Trinajstić information content (AvgIpc) is 2.67. The Bertz CT molecular complexity index is 607. The van der Waals surface area contributed by atoms with Crippen molar-refractivity contribution < 1.29 is 4.92 Å². The summed E-state index contributed by atoms with van der Waals surface area (Å²) in [4.78, 5) is 22.1. The first-order valence-corrected chi connectivity index (χ1v) is 4.91. The molecular formula is C8H10N8O2. The number of nitrogen functional groups attached to an aromatic ring is 1. The molecule has 0 bridgehead atoms. The summed E-state index contributed by atoms with van der Waals surface area (Å²) < 4.78 is 1.27. The summed E-state index contributed by atoms with van der Waals surface area (Å²) in [7, 11) is 0. The second kappa shape index (κ2) is 4.33. The van der Waals surface area contributed by atoms with E-state index in [-0.39, 0.29) is 17.3 Å². The molecule has 2 rings (SSSR count). The van der Waals surface area contributed by atoms with Crippen molar-refractivity contribution in [3.8, 4) is 5.82 Å². The molecule has 94 valence electrons. The third-order valence-corrected chi connectivity index (χ3v) is 2.20. The molecule has 0 atom stereocenters. The van der Waals surface area contributed by atoms with Crippen molar-refractivity contribution in [2.45, 2.75) is 13.8 Å². The van der Waals surface area contributed by atoms with E-state index in [1.165, 1.54) is 4.68 Å². The van der Waals surface area contributed by atoms with Gasteiger partial charge in [0.2, 0.25) is 11.6 Å². The van der Waals surface area contributed by atoms with Gasteiger partial charge in [0.1, 0.15) is 18.0 Å². The Labute approximate surface area is 101 Å². The second-order valence-corrected chi connectivity index (χ2v) is 3.41. The molecule has 3 N–H and O–H groups in total. The number of nitrogens with zero attached hydrogens (tertiary/aromatic N) is 6. The first-order valence-electron chi connectivity index (χ1n) is 4.91. The number of nitrogens with one attached hydrogen (secondary N) is 1. The van der Waals surface area contributed by atoms with Gasteiger partial charge in [-0.1, -0.05) is 0 Å². The fourth-order valence-electron chi connectivity index (χ4n) is 1.52. The van der Waals surface area contributed by atoms with Crippen LogP contribution in [-0.4, -0.2) is 29.7 Å². The van der Waals surface area contributed by atoms with E-state index < -0.39 is 4.92 Å². The van der Waals surface area contributed by atoms with Crippen molar-refractivity contribution in [1.29, 1.82) is 0 Å². The van der Waals surface area contributed by atoms with Crippen LogP contribution in [0.25, 0.3) is 5.82 Å². The molecule has 0 aromatic carbocycles. The molecule has 0 amide bonds. The normalized spacial score (nSPS) is 10.4. The molecule has 0 aliphatic heterocycles. The van der Waals surface area contributed by atoms with Gasteiger partial charge in [-0.25, -0.2) is 20.8 Å². The van der Waals surface area contributed by atoms with Crippen molar-refractivity contribution >= 4 is 11.5 Å². The highest BCUT2D eigenvalue weighted by molar-refractivity contribution is 5.63. The topological polar surface area (TPSA) is 138 Å². The van der Waals surface area contributed by atoms with Crippen LogP contribution < -0.4 is 11.3 Å². The molecule has 10 nitrogen and oxygen atoms in total. The van der Waals surface area contributed by atoms with Crippen LogP contribution >= 0.6 is 0 Å². The Balaban J connectivity index is 2.71. The number of anilines is 1. The van der Waals surface area contributed by atoms with Gasteiger partial charge in [0.25, 0.3) is 0 Å². The molecule has 0 saturated heterocycles. The highest BCUT2D eigenvalue weighted by Crippen LogP contribution is 2.26. The Morgan fingerprint density at radius 2 is 2.17 bits per heavy atom. The molecule has 0 saturated carbocycles. The van der Waals surface area contributed by atoms with E-state index >= 15 is 0 Å². The molecule has 2 heterocycles. The van der Waals surface area contributed by atoms with Gasteiger partial charge >= 0.3 is 5.69 Å². The zero-order valence-electron chi connectivity index (χ0n) is 9.65. The van der Waals surface area contributed by atoms with Crippen molar-refractivity contribution in [3.63, 3.8) is 0 Å². The number of nitrogens with two attached hydrogens (primary N) is 1. The number of nitro groups is 1. The fourth-order valence-corrected chi connectivity index (χ4v) is 1.52. The molecule has 2 aromatic heterocycles. The monoisotopic (exact) mass is 250 g/mol. The lowest BCUT2D eigenvalue weighted by Gasteiger charge is -2.05.